The summed E-state index contributed by atoms with van der Waals surface area (Å²) >= 11 is 0. The maximum Gasteiger partial charge on any atom is 0.317 e. The molecule has 1 unspecified atom stereocenters. The average Bonchev–Trinajstić information content (AvgIpc) is 3.25. The van der Waals surface area contributed by atoms with E-state index in [4.69, 9.17) is 9.26 Å². The number of carbonyl (C=O) groups excluding carboxylic acids is 1. The molecule has 0 bridgehead atoms. The van der Waals surface area contributed by atoms with Crippen LogP contribution in [0.5, 0.6) is 0 Å². The number of aromatic nitrogens is 3. The summed E-state index contributed by atoms with van der Waals surface area (Å²) in [6, 6.07) is 5.26. The smallest absolute Gasteiger partial charge is 0.317 e. The number of pyridine rings is 1. The molecule has 0 saturated carbocycles. The van der Waals surface area contributed by atoms with E-state index in [1.54, 1.807) is 24.2 Å². The first kappa shape index (κ1) is 15.4. The molecule has 0 aromatic carbocycles. The van der Waals surface area contributed by atoms with Crippen LogP contribution in [0.4, 0.5) is 4.79 Å². The third-order valence-corrected chi connectivity index (χ3v) is 3.60. The van der Waals surface area contributed by atoms with E-state index in [9.17, 15) is 4.79 Å². The molecule has 1 atom stereocenters. The fraction of sp³-hybridized carbons (Fsp3) is 0.467. The number of ether oxygens (including phenoxy) is 1. The molecule has 8 nitrogen and oxygen atoms in total. The summed E-state index contributed by atoms with van der Waals surface area (Å²) in [6.45, 7) is 1.53. The highest BCUT2D eigenvalue weighted by molar-refractivity contribution is 5.73. The summed E-state index contributed by atoms with van der Waals surface area (Å²) < 4.78 is 10.6. The van der Waals surface area contributed by atoms with E-state index in [-0.39, 0.29) is 18.7 Å². The molecule has 1 aliphatic rings. The molecular weight excluding hydrogens is 298 g/mol. The quantitative estimate of drug-likeness (QED) is 0.897. The maximum absolute atomic E-state index is 12.0. The Labute approximate surface area is 133 Å². The number of amides is 2. The van der Waals surface area contributed by atoms with Crippen molar-refractivity contribution in [1.82, 2.24) is 25.3 Å². The van der Waals surface area contributed by atoms with Gasteiger partial charge < -0.3 is 19.5 Å². The van der Waals surface area contributed by atoms with Crippen LogP contribution >= 0.6 is 0 Å². The number of hydrogen-bond acceptors (Lipinski definition) is 6. The Hall–Kier alpha value is -2.48. The van der Waals surface area contributed by atoms with Crippen molar-refractivity contribution in [1.29, 1.82) is 0 Å². The summed E-state index contributed by atoms with van der Waals surface area (Å²) in [7, 11) is 1.74. The molecule has 3 heterocycles. The largest absolute Gasteiger partial charge is 0.376 e. The zero-order valence-electron chi connectivity index (χ0n) is 12.9. The fourth-order valence-electron chi connectivity index (χ4n) is 2.39. The molecule has 122 valence electrons. The molecule has 1 aliphatic heterocycles. The Morgan fingerprint density at radius 1 is 1.48 bits per heavy atom. The van der Waals surface area contributed by atoms with Gasteiger partial charge in [-0.3, -0.25) is 4.98 Å². The summed E-state index contributed by atoms with van der Waals surface area (Å²) in [5.41, 5.74) is 0.629. The Kier molecular flexibility index (Phi) is 4.82. The van der Waals surface area contributed by atoms with Crippen LogP contribution in [0.2, 0.25) is 0 Å². The third kappa shape index (κ3) is 4.04. The van der Waals surface area contributed by atoms with Crippen molar-refractivity contribution < 1.29 is 14.1 Å². The normalized spacial score (nSPS) is 17.2. The molecule has 1 N–H and O–H groups in total. The highest BCUT2D eigenvalue weighted by atomic mass is 16.5. The van der Waals surface area contributed by atoms with Crippen LogP contribution < -0.4 is 5.32 Å². The number of hydrogen-bond donors (Lipinski definition) is 1. The molecule has 1 saturated heterocycles. The minimum atomic E-state index is -0.196. The van der Waals surface area contributed by atoms with E-state index in [0.717, 1.165) is 19.4 Å². The second-order valence-electron chi connectivity index (χ2n) is 5.40. The highest BCUT2D eigenvalue weighted by Gasteiger charge is 2.20. The van der Waals surface area contributed by atoms with E-state index < -0.39 is 0 Å². The Balaban J connectivity index is 1.50. The first-order valence-electron chi connectivity index (χ1n) is 7.57. The number of likely N-dealkylation sites (N-methyl/N-ethyl adjacent to an activating group) is 1. The van der Waals surface area contributed by atoms with Crippen LogP contribution in [0.3, 0.4) is 0 Å². The summed E-state index contributed by atoms with van der Waals surface area (Å²) in [6.07, 6.45) is 3.84. The van der Waals surface area contributed by atoms with Gasteiger partial charge in [-0.2, -0.15) is 4.98 Å². The lowest BCUT2D eigenvalue weighted by Crippen LogP contribution is -2.40. The Bertz CT molecular complexity index is 640. The van der Waals surface area contributed by atoms with E-state index in [1.165, 1.54) is 0 Å². The lowest BCUT2D eigenvalue weighted by molar-refractivity contribution is 0.0873. The van der Waals surface area contributed by atoms with Gasteiger partial charge in [0.05, 0.1) is 12.6 Å². The van der Waals surface area contributed by atoms with Crippen molar-refractivity contribution in [3.05, 3.63) is 30.3 Å². The topological polar surface area (TPSA) is 93.4 Å². The average molecular weight is 317 g/mol. The summed E-state index contributed by atoms with van der Waals surface area (Å²) in [4.78, 5) is 22.0. The number of urea groups is 1. The lowest BCUT2D eigenvalue weighted by Gasteiger charge is -2.20. The van der Waals surface area contributed by atoms with Gasteiger partial charge in [-0.1, -0.05) is 11.2 Å². The number of nitrogens with one attached hydrogen (secondary N) is 1. The molecule has 0 aliphatic carbocycles. The second kappa shape index (κ2) is 7.19. The van der Waals surface area contributed by atoms with E-state index in [0.29, 0.717) is 24.0 Å². The Morgan fingerprint density at radius 3 is 3.13 bits per heavy atom. The monoisotopic (exact) mass is 317 g/mol. The van der Waals surface area contributed by atoms with Crippen molar-refractivity contribution in [2.75, 3.05) is 20.2 Å². The van der Waals surface area contributed by atoms with Gasteiger partial charge in [0.2, 0.25) is 11.7 Å². The van der Waals surface area contributed by atoms with Gasteiger partial charge >= 0.3 is 6.03 Å². The van der Waals surface area contributed by atoms with Crippen molar-refractivity contribution >= 4 is 6.03 Å². The molecule has 3 rings (SSSR count). The van der Waals surface area contributed by atoms with Crippen LogP contribution in [-0.4, -0.2) is 52.4 Å². The molecule has 0 radical (unpaired) electrons. The number of rotatable bonds is 5. The van der Waals surface area contributed by atoms with Gasteiger partial charge in [-0.15, -0.1) is 0 Å². The molecule has 1 fully saturated rings. The number of nitrogens with zero attached hydrogens (tertiary/aromatic N) is 4. The lowest BCUT2D eigenvalue weighted by atomic mass is 10.2. The molecule has 23 heavy (non-hydrogen) atoms. The van der Waals surface area contributed by atoms with Crippen LogP contribution in [0.25, 0.3) is 11.5 Å². The molecule has 2 aromatic rings. The van der Waals surface area contributed by atoms with Crippen LogP contribution in [0.1, 0.15) is 18.7 Å². The van der Waals surface area contributed by atoms with Crippen LogP contribution in [0.15, 0.2) is 28.9 Å². The molecule has 0 spiro atoms. The van der Waals surface area contributed by atoms with Crippen molar-refractivity contribution in [2.24, 2.45) is 0 Å². The SMILES string of the molecule is CN(CC1CCCO1)C(=O)NCc1nc(-c2ccccn2)no1. The zero-order valence-corrected chi connectivity index (χ0v) is 12.9. The van der Waals surface area contributed by atoms with Gasteiger partial charge in [0.1, 0.15) is 5.69 Å². The highest BCUT2D eigenvalue weighted by Crippen LogP contribution is 2.13. The first-order chi connectivity index (χ1) is 11.2. The molecule has 2 amide bonds. The van der Waals surface area contributed by atoms with Crippen LogP contribution in [-0.2, 0) is 11.3 Å². The summed E-state index contributed by atoms with van der Waals surface area (Å²) in [5, 5.41) is 6.61. The summed E-state index contributed by atoms with van der Waals surface area (Å²) in [5.74, 6) is 0.743. The standard InChI is InChI=1S/C15H19N5O3/c1-20(10-11-5-4-8-22-11)15(21)17-9-13-18-14(19-23-13)12-6-2-3-7-16-12/h2-3,6-7,11H,4-5,8-10H2,1H3,(H,17,21). The van der Waals surface area contributed by atoms with Gasteiger partial charge in [0, 0.05) is 26.4 Å². The van der Waals surface area contributed by atoms with Crippen molar-refractivity contribution in [3.63, 3.8) is 0 Å². The molecule has 8 heteroatoms. The van der Waals surface area contributed by atoms with Crippen molar-refractivity contribution in [2.45, 2.75) is 25.5 Å². The zero-order chi connectivity index (χ0) is 16.1. The first-order valence-corrected chi connectivity index (χ1v) is 7.57. The second-order valence-corrected chi connectivity index (χ2v) is 5.40. The predicted octanol–water partition coefficient (Wildman–Crippen LogP) is 1.45. The van der Waals surface area contributed by atoms with Crippen LogP contribution in [0, 0.1) is 0 Å². The minimum Gasteiger partial charge on any atom is -0.376 e. The minimum absolute atomic E-state index is 0.130. The van der Waals surface area contributed by atoms with E-state index >= 15 is 0 Å². The van der Waals surface area contributed by atoms with Gasteiger partial charge in [0.15, 0.2) is 0 Å². The Morgan fingerprint density at radius 2 is 2.39 bits per heavy atom. The van der Waals surface area contributed by atoms with Crippen molar-refractivity contribution in [3.8, 4) is 11.5 Å². The van der Waals surface area contributed by atoms with Gasteiger partial charge in [-0.25, -0.2) is 4.79 Å². The predicted molar refractivity (Wildman–Crippen MR) is 81.4 cm³/mol. The third-order valence-electron chi connectivity index (χ3n) is 3.60. The van der Waals surface area contributed by atoms with E-state index in [2.05, 4.69) is 20.4 Å². The molecule has 2 aromatic heterocycles. The van der Waals surface area contributed by atoms with E-state index in [1.807, 2.05) is 12.1 Å². The number of carbonyl (C=O) groups is 1. The van der Waals surface area contributed by atoms with Gasteiger partial charge in [0.25, 0.3) is 0 Å². The maximum atomic E-state index is 12.0. The fourth-order valence-corrected chi connectivity index (χ4v) is 2.39. The van der Waals surface area contributed by atoms with Gasteiger partial charge in [-0.05, 0) is 25.0 Å². The molecular formula is C15H19N5O3.